The van der Waals surface area contributed by atoms with Crippen LogP contribution in [0.1, 0.15) is 0 Å². The van der Waals surface area contributed by atoms with Gasteiger partial charge >= 0.3 is 29.9 Å². The molecule has 0 fully saturated rings. The number of hydrogen-bond donors (Lipinski definition) is 1. The van der Waals surface area contributed by atoms with E-state index in [0.717, 1.165) is 0 Å². The summed E-state index contributed by atoms with van der Waals surface area (Å²) < 4.78 is 109. The molecule has 0 aliphatic heterocycles. The molecule has 106 valence electrons. The second-order valence-corrected chi connectivity index (χ2v) is 2.94. The summed E-state index contributed by atoms with van der Waals surface area (Å²) in [5, 5.41) is 7.83. The van der Waals surface area contributed by atoms with E-state index in [9.17, 15) is 44.3 Å². The maximum absolute atomic E-state index is 12.5. The van der Waals surface area contributed by atoms with Crippen LogP contribution in [0, 0.1) is 0 Å². The van der Waals surface area contributed by atoms with E-state index >= 15 is 0 Å². The number of hydrogen-bond acceptors (Lipinski definition) is 1. The van der Waals surface area contributed by atoms with E-state index in [2.05, 4.69) is 0 Å². The van der Waals surface area contributed by atoms with Crippen LogP contribution in [0.4, 0.5) is 39.5 Å². The van der Waals surface area contributed by atoms with E-state index in [1.807, 2.05) is 0 Å². The molecule has 0 heterocycles. The van der Waals surface area contributed by atoms with Crippen molar-refractivity contribution >= 4 is 5.97 Å². The Balaban J connectivity index is 5.57. The van der Waals surface area contributed by atoms with Crippen molar-refractivity contribution < 1.29 is 49.4 Å². The summed E-state index contributed by atoms with van der Waals surface area (Å²) in [7, 11) is 0. The zero-order chi connectivity index (χ0) is 15.0. The van der Waals surface area contributed by atoms with Gasteiger partial charge in [0.1, 0.15) is 0 Å². The fourth-order valence-electron chi connectivity index (χ4n) is 0.668. The Morgan fingerprint density at radius 2 is 1.22 bits per heavy atom. The topological polar surface area (TPSA) is 37.3 Å². The van der Waals surface area contributed by atoms with Crippen molar-refractivity contribution in [2.75, 3.05) is 0 Å². The lowest BCUT2D eigenvalue weighted by Gasteiger charge is -2.32. The summed E-state index contributed by atoms with van der Waals surface area (Å²) in [4.78, 5) is 9.74. The Morgan fingerprint density at radius 1 is 0.833 bits per heavy atom. The van der Waals surface area contributed by atoms with Gasteiger partial charge in [-0.3, -0.25) is 0 Å². The minimum Gasteiger partial charge on any atom is -0.478 e. The third-order valence-electron chi connectivity index (χ3n) is 1.60. The van der Waals surface area contributed by atoms with Crippen LogP contribution in [0.15, 0.2) is 12.2 Å². The van der Waals surface area contributed by atoms with Crippen LogP contribution in [0.5, 0.6) is 0 Å². The number of alkyl halides is 9. The molecule has 0 spiro atoms. The van der Waals surface area contributed by atoms with Crippen LogP contribution >= 0.6 is 0 Å². The molecule has 1 N–H and O–H groups in total. The van der Waals surface area contributed by atoms with Crippen molar-refractivity contribution in [3.05, 3.63) is 12.2 Å². The number of rotatable bonds is 4. The molecule has 0 saturated heterocycles. The Hall–Kier alpha value is -1.42. The van der Waals surface area contributed by atoms with Crippen LogP contribution in [0.3, 0.4) is 0 Å². The van der Waals surface area contributed by atoms with Gasteiger partial charge in [-0.2, -0.15) is 39.5 Å². The number of aliphatic carboxylic acids is 1. The average Bonchev–Trinajstić information content (AvgIpc) is 2.12. The van der Waals surface area contributed by atoms with E-state index in [1.165, 1.54) is 0 Å². The molecule has 0 aromatic carbocycles. The van der Waals surface area contributed by atoms with Gasteiger partial charge in [0.05, 0.1) is 0 Å². The molecule has 0 aromatic rings. The molecule has 2 nitrogen and oxygen atoms in total. The second-order valence-electron chi connectivity index (χ2n) is 2.94. The quantitative estimate of drug-likeness (QED) is 0.638. The molecule has 0 aliphatic rings. The first-order valence-electron chi connectivity index (χ1n) is 3.79. The third-order valence-corrected chi connectivity index (χ3v) is 1.60. The molecular weight excluding hydrogens is 287 g/mol. The van der Waals surface area contributed by atoms with Gasteiger partial charge < -0.3 is 5.11 Å². The van der Waals surface area contributed by atoms with E-state index in [0.29, 0.717) is 0 Å². The molecule has 0 aliphatic carbocycles. The van der Waals surface area contributed by atoms with Gasteiger partial charge in [-0.15, -0.1) is 0 Å². The Kier molecular flexibility index (Phi) is 4.01. The summed E-state index contributed by atoms with van der Waals surface area (Å²) in [5.41, 5.74) is 0. The van der Waals surface area contributed by atoms with Crippen LogP contribution in [0.2, 0.25) is 0 Å². The van der Waals surface area contributed by atoms with Crippen molar-refractivity contribution in [2.45, 2.75) is 23.9 Å². The van der Waals surface area contributed by atoms with Gasteiger partial charge in [-0.05, 0) is 6.08 Å². The predicted octanol–water partition coefficient (Wildman–Crippen LogP) is 3.10. The van der Waals surface area contributed by atoms with Gasteiger partial charge in [-0.25, -0.2) is 4.79 Å². The van der Waals surface area contributed by atoms with Crippen LogP contribution in [-0.4, -0.2) is 35.0 Å². The lowest BCUT2D eigenvalue weighted by Crippen LogP contribution is -2.60. The minimum absolute atomic E-state index is 0.666. The SMILES string of the molecule is O=C(O)/C=C/C(F)(F)C(F)(F)C(F)(F)C(F)(F)F. The molecule has 0 bridgehead atoms. The van der Waals surface area contributed by atoms with Crippen molar-refractivity contribution in [3.8, 4) is 0 Å². The van der Waals surface area contributed by atoms with E-state index in [4.69, 9.17) is 5.11 Å². The highest BCUT2D eigenvalue weighted by molar-refractivity contribution is 5.79. The fourth-order valence-corrected chi connectivity index (χ4v) is 0.668. The van der Waals surface area contributed by atoms with Crippen molar-refractivity contribution in [2.24, 2.45) is 0 Å². The number of halogens is 9. The number of carbonyl (C=O) groups is 1. The summed E-state index contributed by atoms with van der Waals surface area (Å²) in [6, 6.07) is 0. The highest BCUT2D eigenvalue weighted by Gasteiger charge is 2.81. The summed E-state index contributed by atoms with van der Waals surface area (Å²) in [5.74, 6) is -22.1. The Bertz CT molecular complexity index is 354. The van der Waals surface area contributed by atoms with Crippen LogP contribution in [0.25, 0.3) is 0 Å². The Labute approximate surface area is 92.7 Å². The minimum atomic E-state index is -7.02. The largest absolute Gasteiger partial charge is 0.478 e. The molecule has 18 heavy (non-hydrogen) atoms. The number of carboxylic acid groups (broad SMARTS) is 1. The molecule has 0 saturated carbocycles. The molecular formula is C7H3F9O2. The standard InChI is InChI=1S/C7H3F9O2/c8-4(9,2-1-3(17)18)5(10,11)6(12,13)7(14,15)16/h1-2H,(H,17,18)/b2-1+. The third kappa shape index (κ3) is 2.70. The first-order valence-corrected chi connectivity index (χ1v) is 3.79. The predicted molar refractivity (Wildman–Crippen MR) is 37.7 cm³/mol. The van der Waals surface area contributed by atoms with Gasteiger partial charge in [0.15, 0.2) is 0 Å². The molecule has 0 rings (SSSR count). The second kappa shape index (κ2) is 4.35. The van der Waals surface area contributed by atoms with Crippen molar-refractivity contribution in [1.82, 2.24) is 0 Å². The smallest absolute Gasteiger partial charge is 0.460 e. The molecule has 0 amide bonds. The highest BCUT2D eigenvalue weighted by Crippen LogP contribution is 2.53. The molecule has 0 unspecified atom stereocenters. The zero-order valence-electron chi connectivity index (χ0n) is 7.91. The molecule has 0 aromatic heterocycles. The molecule has 0 atom stereocenters. The maximum Gasteiger partial charge on any atom is 0.460 e. The monoisotopic (exact) mass is 290 g/mol. The summed E-state index contributed by atoms with van der Waals surface area (Å²) >= 11 is 0. The molecule has 0 radical (unpaired) electrons. The first-order chi connectivity index (χ1) is 7.67. The lowest BCUT2D eigenvalue weighted by molar-refractivity contribution is -0.388. The van der Waals surface area contributed by atoms with Gasteiger partial charge in [0, 0.05) is 6.08 Å². The van der Waals surface area contributed by atoms with Crippen LogP contribution in [-0.2, 0) is 4.79 Å². The van der Waals surface area contributed by atoms with Gasteiger partial charge in [-0.1, -0.05) is 0 Å². The maximum atomic E-state index is 12.5. The lowest BCUT2D eigenvalue weighted by atomic mass is 10.0. The van der Waals surface area contributed by atoms with E-state index in [-0.39, 0.29) is 0 Å². The molecule has 11 heteroatoms. The summed E-state index contributed by atoms with van der Waals surface area (Å²) in [6.07, 6.45) is -8.83. The van der Waals surface area contributed by atoms with Crippen molar-refractivity contribution in [3.63, 3.8) is 0 Å². The van der Waals surface area contributed by atoms with Gasteiger partial charge in [0.2, 0.25) is 0 Å². The zero-order valence-corrected chi connectivity index (χ0v) is 7.91. The van der Waals surface area contributed by atoms with Crippen molar-refractivity contribution in [1.29, 1.82) is 0 Å². The van der Waals surface area contributed by atoms with Crippen LogP contribution < -0.4 is 0 Å². The van der Waals surface area contributed by atoms with Gasteiger partial charge in [0.25, 0.3) is 0 Å². The number of allylic oxidation sites excluding steroid dienone is 1. The average molecular weight is 290 g/mol. The van der Waals surface area contributed by atoms with E-state index in [1.54, 1.807) is 0 Å². The first kappa shape index (κ1) is 16.6. The Morgan fingerprint density at radius 3 is 1.50 bits per heavy atom. The summed E-state index contributed by atoms with van der Waals surface area (Å²) in [6.45, 7) is 0. The number of carboxylic acids is 1. The highest BCUT2D eigenvalue weighted by atomic mass is 19.4. The normalized spacial score (nSPS) is 15.2. The van der Waals surface area contributed by atoms with E-state index < -0.39 is 42.1 Å². The fraction of sp³-hybridized carbons (Fsp3) is 0.571.